The molecule has 160 valence electrons. The first-order valence-electron chi connectivity index (χ1n) is 10.1. The maximum atomic E-state index is 12.7. The van der Waals surface area contributed by atoms with Crippen molar-refractivity contribution in [3.8, 4) is 0 Å². The van der Waals surface area contributed by atoms with Crippen LogP contribution in [0.2, 0.25) is 0 Å². The summed E-state index contributed by atoms with van der Waals surface area (Å²) in [5.41, 5.74) is 1.05. The van der Waals surface area contributed by atoms with Gasteiger partial charge in [-0.25, -0.2) is 14.4 Å². The summed E-state index contributed by atoms with van der Waals surface area (Å²) in [6.45, 7) is 0. The normalized spacial score (nSPS) is 17.5. The number of carbonyl (C=O) groups is 3. The van der Waals surface area contributed by atoms with Crippen LogP contribution in [0.3, 0.4) is 0 Å². The van der Waals surface area contributed by atoms with E-state index in [-0.39, 0.29) is 0 Å². The van der Waals surface area contributed by atoms with E-state index in [2.05, 4.69) is 0 Å². The predicted molar refractivity (Wildman–Crippen MR) is 116 cm³/mol. The van der Waals surface area contributed by atoms with Crippen LogP contribution in [0, 0.1) is 0 Å². The molecule has 0 bridgehead atoms. The number of ether oxygens (including phenoxy) is 3. The average Bonchev–Trinajstić information content (AvgIpc) is 3.21. The Balaban J connectivity index is 1.52. The first-order chi connectivity index (χ1) is 15.6. The molecule has 0 aliphatic heterocycles. The molecule has 32 heavy (non-hydrogen) atoms. The van der Waals surface area contributed by atoms with Crippen LogP contribution in [0.25, 0.3) is 0 Å². The van der Waals surface area contributed by atoms with Crippen molar-refractivity contribution < 1.29 is 28.6 Å². The summed E-state index contributed by atoms with van der Waals surface area (Å²) in [4.78, 5) is 37.8. The molecule has 3 aromatic rings. The molecule has 6 nitrogen and oxygen atoms in total. The lowest BCUT2D eigenvalue weighted by atomic mass is 10.1. The molecule has 0 N–H and O–H groups in total. The first kappa shape index (κ1) is 21.1. The second-order valence-electron chi connectivity index (χ2n) is 7.09. The van der Waals surface area contributed by atoms with Gasteiger partial charge in [0.05, 0.1) is 16.7 Å². The van der Waals surface area contributed by atoms with Crippen LogP contribution in [0.1, 0.15) is 31.1 Å². The molecule has 0 saturated carbocycles. The zero-order chi connectivity index (χ0) is 22.3. The Kier molecular flexibility index (Phi) is 6.41. The van der Waals surface area contributed by atoms with Crippen molar-refractivity contribution in [2.45, 2.75) is 18.3 Å². The van der Waals surface area contributed by atoms with Crippen molar-refractivity contribution in [1.29, 1.82) is 0 Å². The van der Waals surface area contributed by atoms with E-state index in [0.29, 0.717) is 16.7 Å². The molecule has 0 heterocycles. The molecule has 4 rings (SSSR count). The molecule has 1 aliphatic rings. The van der Waals surface area contributed by atoms with E-state index < -0.39 is 36.2 Å². The van der Waals surface area contributed by atoms with Crippen LogP contribution in [-0.2, 0) is 14.2 Å². The molecular weight excluding hydrogens is 408 g/mol. The number of hydrogen-bond acceptors (Lipinski definition) is 6. The van der Waals surface area contributed by atoms with Crippen molar-refractivity contribution in [2.75, 3.05) is 0 Å². The van der Waals surface area contributed by atoms with Crippen molar-refractivity contribution in [3.63, 3.8) is 0 Å². The highest BCUT2D eigenvalue weighted by molar-refractivity contribution is 5.91. The molecule has 0 saturated heterocycles. The molecule has 0 aromatic heterocycles. The zero-order valence-corrected chi connectivity index (χ0v) is 17.0. The number of rotatable bonds is 6. The van der Waals surface area contributed by atoms with Gasteiger partial charge in [-0.1, -0.05) is 54.6 Å². The maximum absolute atomic E-state index is 12.7. The van der Waals surface area contributed by atoms with Crippen LogP contribution in [-0.4, -0.2) is 36.2 Å². The predicted octanol–water partition coefficient (Wildman–Crippen LogP) is 4.23. The van der Waals surface area contributed by atoms with Gasteiger partial charge >= 0.3 is 17.9 Å². The SMILES string of the molecule is O=C(OC1[C@@H](OC(=O)c2ccccc2)C=C[C@@H]1OC(=O)c1ccccc1)c1ccccc1. The smallest absolute Gasteiger partial charge is 0.338 e. The molecule has 0 amide bonds. The van der Waals surface area contributed by atoms with Gasteiger partial charge in [-0.2, -0.15) is 0 Å². The first-order valence-corrected chi connectivity index (χ1v) is 10.1. The van der Waals surface area contributed by atoms with Gasteiger partial charge in [-0.15, -0.1) is 0 Å². The molecule has 0 unspecified atom stereocenters. The standard InChI is InChI=1S/C26H20O6/c27-24(18-10-4-1-5-11-18)30-21-16-17-22(31-25(28)19-12-6-2-7-13-19)23(21)32-26(29)20-14-8-3-9-15-20/h1-17,21-23H/t21-,22-/m0/s1. The highest BCUT2D eigenvalue weighted by atomic mass is 16.6. The third kappa shape index (κ3) is 4.92. The lowest BCUT2D eigenvalue weighted by Gasteiger charge is -2.25. The van der Waals surface area contributed by atoms with Crippen LogP contribution in [0.5, 0.6) is 0 Å². The van der Waals surface area contributed by atoms with E-state index in [4.69, 9.17) is 14.2 Å². The van der Waals surface area contributed by atoms with Crippen LogP contribution in [0.15, 0.2) is 103 Å². The number of hydrogen-bond donors (Lipinski definition) is 0. The number of benzene rings is 3. The molecule has 0 spiro atoms. The molecule has 0 fully saturated rings. The second kappa shape index (κ2) is 9.75. The summed E-state index contributed by atoms with van der Waals surface area (Å²) in [5, 5.41) is 0. The minimum Gasteiger partial charge on any atom is -0.450 e. The third-order valence-corrected chi connectivity index (χ3v) is 4.90. The van der Waals surface area contributed by atoms with E-state index in [0.717, 1.165) is 0 Å². The van der Waals surface area contributed by atoms with Gasteiger partial charge in [0.15, 0.2) is 18.3 Å². The van der Waals surface area contributed by atoms with E-state index in [1.165, 1.54) is 0 Å². The van der Waals surface area contributed by atoms with Crippen molar-refractivity contribution in [1.82, 2.24) is 0 Å². The van der Waals surface area contributed by atoms with Crippen LogP contribution >= 0.6 is 0 Å². The topological polar surface area (TPSA) is 78.9 Å². The van der Waals surface area contributed by atoms with E-state index in [9.17, 15) is 14.4 Å². The fraction of sp³-hybridized carbons (Fsp3) is 0.115. The van der Waals surface area contributed by atoms with Gasteiger partial charge in [0.1, 0.15) is 0 Å². The number of esters is 3. The highest BCUT2D eigenvalue weighted by Crippen LogP contribution is 2.25. The molecule has 0 radical (unpaired) electrons. The van der Waals surface area contributed by atoms with Crippen LogP contribution in [0.4, 0.5) is 0 Å². The van der Waals surface area contributed by atoms with Gasteiger partial charge in [0.2, 0.25) is 0 Å². The third-order valence-electron chi connectivity index (χ3n) is 4.90. The Morgan fingerprint density at radius 1 is 0.469 bits per heavy atom. The molecule has 3 aromatic carbocycles. The van der Waals surface area contributed by atoms with Gasteiger partial charge in [0.25, 0.3) is 0 Å². The largest absolute Gasteiger partial charge is 0.450 e. The molecule has 2 atom stereocenters. The van der Waals surface area contributed by atoms with Crippen molar-refractivity contribution in [2.24, 2.45) is 0 Å². The van der Waals surface area contributed by atoms with Crippen molar-refractivity contribution >= 4 is 17.9 Å². The van der Waals surface area contributed by atoms with Gasteiger partial charge < -0.3 is 14.2 Å². The summed E-state index contributed by atoms with van der Waals surface area (Å²) in [6.07, 6.45) is 0.273. The highest BCUT2D eigenvalue weighted by Gasteiger charge is 2.40. The lowest BCUT2D eigenvalue weighted by molar-refractivity contribution is -0.0546. The Labute approximate surface area is 185 Å². The lowest BCUT2D eigenvalue weighted by Crippen LogP contribution is -2.40. The van der Waals surface area contributed by atoms with Gasteiger partial charge in [0, 0.05) is 0 Å². The van der Waals surface area contributed by atoms with E-state index in [1.807, 2.05) is 0 Å². The second-order valence-corrected chi connectivity index (χ2v) is 7.09. The van der Waals surface area contributed by atoms with E-state index in [1.54, 1.807) is 103 Å². The fourth-order valence-corrected chi connectivity index (χ4v) is 3.27. The zero-order valence-electron chi connectivity index (χ0n) is 17.0. The van der Waals surface area contributed by atoms with Gasteiger partial charge in [-0.05, 0) is 48.6 Å². The summed E-state index contributed by atoms with van der Waals surface area (Å²) < 4.78 is 16.8. The number of carbonyl (C=O) groups excluding carboxylic acids is 3. The van der Waals surface area contributed by atoms with Gasteiger partial charge in [-0.3, -0.25) is 0 Å². The summed E-state index contributed by atoms with van der Waals surface area (Å²) >= 11 is 0. The summed E-state index contributed by atoms with van der Waals surface area (Å²) in [7, 11) is 0. The Morgan fingerprint density at radius 3 is 1.12 bits per heavy atom. The molecule has 1 aliphatic carbocycles. The Morgan fingerprint density at radius 2 is 0.781 bits per heavy atom. The molecular formula is C26H20O6. The fourth-order valence-electron chi connectivity index (χ4n) is 3.27. The molecule has 6 heteroatoms. The minimum absolute atomic E-state index is 0.334. The van der Waals surface area contributed by atoms with E-state index >= 15 is 0 Å². The van der Waals surface area contributed by atoms with Crippen LogP contribution < -0.4 is 0 Å². The maximum Gasteiger partial charge on any atom is 0.338 e. The van der Waals surface area contributed by atoms with Crippen molar-refractivity contribution in [3.05, 3.63) is 120 Å². The Hall–Kier alpha value is -4.19. The summed E-state index contributed by atoms with van der Waals surface area (Å²) in [5.74, 6) is -1.76. The minimum atomic E-state index is -1.02. The summed E-state index contributed by atoms with van der Waals surface area (Å²) in [6, 6.07) is 25.4. The average molecular weight is 428 g/mol. The quantitative estimate of drug-likeness (QED) is 0.332. The monoisotopic (exact) mass is 428 g/mol. The Bertz CT molecular complexity index is 1050.